The van der Waals surface area contributed by atoms with Gasteiger partial charge in [0.15, 0.2) is 0 Å². The first-order chi connectivity index (χ1) is 9.13. The molecule has 4 heteroatoms. The third-order valence-electron chi connectivity index (χ3n) is 3.20. The molecule has 0 amide bonds. The fourth-order valence-corrected chi connectivity index (χ4v) is 2.16. The summed E-state index contributed by atoms with van der Waals surface area (Å²) in [5.41, 5.74) is 1.55. The molecule has 0 atom stereocenters. The van der Waals surface area contributed by atoms with Gasteiger partial charge in [-0.2, -0.15) is 0 Å². The van der Waals surface area contributed by atoms with Crippen molar-refractivity contribution in [1.82, 2.24) is 9.55 Å². The van der Waals surface area contributed by atoms with E-state index in [1.165, 1.54) is 0 Å². The molecule has 0 fully saturated rings. The van der Waals surface area contributed by atoms with Gasteiger partial charge in [-0.15, -0.1) is 0 Å². The number of fused-ring (bicyclic) bond motifs is 1. The summed E-state index contributed by atoms with van der Waals surface area (Å²) in [7, 11) is 1.61. The van der Waals surface area contributed by atoms with E-state index in [0.29, 0.717) is 18.1 Å². The van der Waals surface area contributed by atoms with Crippen molar-refractivity contribution in [3.63, 3.8) is 0 Å². The van der Waals surface area contributed by atoms with Crippen LogP contribution < -0.4 is 4.74 Å². The lowest BCUT2D eigenvalue weighted by Gasteiger charge is -2.06. The highest BCUT2D eigenvalue weighted by Gasteiger charge is 2.12. The highest BCUT2D eigenvalue weighted by Crippen LogP contribution is 2.24. The monoisotopic (exact) mass is 260 g/mol. The molecule has 102 valence electrons. The molecule has 0 aliphatic carbocycles. The number of rotatable bonds is 5. The Morgan fingerprint density at radius 2 is 2.21 bits per heavy atom. The Hall–Kier alpha value is -1.84. The number of methoxy groups -OCH3 is 1. The summed E-state index contributed by atoms with van der Waals surface area (Å²) in [4.78, 5) is 16.5. The molecule has 0 aliphatic rings. The molecule has 4 nitrogen and oxygen atoms in total. The van der Waals surface area contributed by atoms with Gasteiger partial charge in [-0.3, -0.25) is 9.36 Å². The molecule has 0 unspecified atom stereocenters. The smallest absolute Gasteiger partial charge is 0.232 e. The lowest BCUT2D eigenvalue weighted by molar-refractivity contribution is 0.0903. The Morgan fingerprint density at radius 1 is 1.42 bits per heavy atom. The summed E-state index contributed by atoms with van der Waals surface area (Å²) in [6.45, 7) is 4.34. The van der Waals surface area contributed by atoms with Crippen LogP contribution >= 0.6 is 0 Å². The van der Waals surface area contributed by atoms with E-state index in [2.05, 4.69) is 18.8 Å². The van der Waals surface area contributed by atoms with E-state index in [1.54, 1.807) is 18.0 Å². The fraction of sp³-hybridized carbons (Fsp3) is 0.467. The summed E-state index contributed by atoms with van der Waals surface area (Å²) >= 11 is 0. The van der Waals surface area contributed by atoms with Crippen LogP contribution in [-0.2, 0) is 0 Å². The molecule has 0 aliphatic heterocycles. The first kappa shape index (κ1) is 13.6. The van der Waals surface area contributed by atoms with Crippen molar-refractivity contribution < 1.29 is 9.53 Å². The van der Waals surface area contributed by atoms with Gasteiger partial charge in [0.05, 0.1) is 12.6 Å². The predicted molar refractivity (Wildman–Crippen MR) is 75.6 cm³/mol. The van der Waals surface area contributed by atoms with Crippen molar-refractivity contribution >= 4 is 16.9 Å². The lowest BCUT2D eigenvalue weighted by Crippen LogP contribution is -2.09. The molecular formula is C15H20N2O2. The molecule has 0 spiro atoms. The molecule has 2 aromatic rings. The first-order valence-corrected chi connectivity index (χ1v) is 6.66. The molecule has 0 saturated heterocycles. The molecule has 1 aromatic heterocycles. The summed E-state index contributed by atoms with van der Waals surface area (Å²) < 4.78 is 6.87. The van der Waals surface area contributed by atoms with Gasteiger partial charge < -0.3 is 4.74 Å². The van der Waals surface area contributed by atoms with Crippen LogP contribution in [0.15, 0.2) is 24.5 Å². The van der Waals surface area contributed by atoms with E-state index in [9.17, 15) is 4.79 Å². The van der Waals surface area contributed by atoms with Gasteiger partial charge in [-0.05, 0) is 24.5 Å². The van der Waals surface area contributed by atoms with Crippen molar-refractivity contribution in [3.05, 3.63) is 24.5 Å². The SMILES string of the molecule is COc1cccc2c1ncn2C(=O)CCCC(C)C. The van der Waals surface area contributed by atoms with Crippen LogP contribution in [0.3, 0.4) is 0 Å². The number of hydrogen-bond acceptors (Lipinski definition) is 3. The number of nitrogens with zero attached hydrogens (tertiary/aromatic N) is 2. The zero-order chi connectivity index (χ0) is 13.8. The minimum atomic E-state index is 0.0939. The van der Waals surface area contributed by atoms with Crippen molar-refractivity contribution in [1.29, 1.82) is 0 Å². The fourth-order valence-electron chi connectivity index (χ4n) is 2.16. The number of imidazole rings is 1. The molecule has 19 heavy (non-hydrogen) atoms. The van der Waals surface area contributed by atoms with Gasteiger partial charge in [-0.25, -0.2) is 4.98 Å². The zero-order valence-corrected chi connectivity index (χ0v) is 11.7. The van der Waals surface area contributed by atoms with Crippen LogP contribution in [0.4, 0.5) is 0 Å². The van der Waals surface area contributed by atoms with Crippen LogP contribution in [0.25, 0.3) is 11.0 Å². The van der Waals surface area contributed by atoms with Gasteiger partial charge in [0, 0.05) is 6.42 Å². The molecule has 0 bridgehead atoms. The lowest BCUT2D eigenvalue weighted by atomic mass is 10.1. The number of carbonyl (C=O) groups excluding carboxylic acids is 1. The van der Waals surface area contributed by atoms with E-state index in [4.69, 9.17) is 4.74 Å². The molecule has 0 radical (unpaired) electrons. The molecule has 1 heterocycles. The van der Waals surface area contributed by atoms with Gasteiger partial charge in [0.25, 0.3) is 0 Å². The zero-order valence-electron chi connectivity index (χ0n) is 11.7. The molecular weight excluding hydrogens is 240 g/mol. The maximum atomic E-state index is 12.2. The quantitative estimate of drug-likeness (QED) is 0.826. The maximum absolute atomic E-state index is 12.2. The molecule has 0 N–H and O–H groups in total. The first-order valence-electron chi connectivity index (χ1n) is 6.66. The van der Waals surface area contributed by atoms with Crippen LogP contribution in [0.5, 0.6) is 5.75 Å². The van der Waals surface area contributed by atoms with Gasteiger partial charge >= 0.3 is 0 Å². The Balaban J connectivity index is 2.19. The maximum Gasteiger partial charge on any atom is 0.232 e. The number of carbonyl (C=O) groups is 1. The van der Waals surface area contributed by atoms with Crippen LogP contribution in [0.1, 0.15) is 37.9 Å². The van der Waals surface area contributed by atoms with Crippen molar-refractivity contribution in [2.75, 3.05) is 7.11 Å². The Bertz CT molecular complexity index is 573. The summed E-state index contributed by atoms with van der Waals surface area (Å²) in [6.07, 6.45) is 4.13. The normalized spacial score (nSPS) is 11.2. The van der Waals surface area contributed by atoms with Gasteiger partial charge in [0.1, 0.15) is 17.6 Å². The summed E-state index contributed by atoms with van der Waals surface area (Å²) in [5, 5.41) is 0. The Morgan fingerprint density at radius 3 is 2.89 bits per heavy atom. The number of aromatic nitrogens is 2. The topological polar surface area (TPSA) is 44.1 Å². The number of hydrogen-bond donors (Lipinski definition) is 0. The molecule has 0 saturated carbocycles. The predicted octanol–water partition coefficient (Wildman–Crippen LogP) is 3.51. The van der Waals surface area contributed by atoms with E-state index in [0.717, 1.165) is 23.9 Å². The van der Waals surface area contributed by atoms with Gasteiger partial charge in [-0.1, -0.05) is 26.3 Å². The molecule has 2 rings (SSSR count). The van der Waals surface area contributed by atoms with Crippen LogP contribution in [0, 0.1) is 5.92 Å². The highest BCUT2D eigenvalue weighted by atomic mass is 16.5. The second-order valence-electron chi connectivity index (χ2n) is 5.12. The largest absolute Gasteiger partial charge is 0.494 e. The Labute approximate surface area is 113 Å². The minimum Gasteiger partial charge on any atom is -0.494 e. The van der Waals surface area contributed by atoms with E-state index < -0.39 is 0 Å². The molecule has 1 aromatic carbocycles. The van der Waals surface area contributed by atoms with Crippen molar-refractivity contribution in [3.8, 4) is 5.75 Å². The number of benzene rings is 1. The minimum absolute atomic E-state index is 0.0939. The van der Waals surface area contributed by atoms with Gasteiger partial charge in [0.2, 0.25) is 5.91 Å². The third-order valence-corrected chi connectivity index (χ3v) is 3.20. The summed E-state index contributed by atoms with van der Waals surface area (Å²) in [5.74, 6) is 1.43. The second kappa shape index (κ2) is 5.87. The highest BCUT2D eigenvalue weighted by molar-refractivity contribution is 5.92. The second-order valence-corrected chi connectivity index (χ2v) is 5.12. The average Bonchev–Trinajstić information content (AvgIpc) is 2.81. The van der Waals surface area contributed by atoms with Crippen LogP contribution in [-0.4, -0.2) is 22.6 Å². The third kappa shape index (κ3) is 2.95. The number of ether oxygens (including phenoxy) is 1. The van der Waals surface area contributed by atoms with E-state index in [-0.39, 0.29) is 5.91 Å². The van der Waals surface area contributed by atoms with Crippen molar-refractivity contribution in [2.24, 2.45) is 5.92 Å². The average molecular weight is 260 g/mol. The van der Waals surface area contributed by atoms with Crippen molar-refractivity contribution in [2.45, 2.75) is 33.1 Å². The van der Waals surface area contributed by atoms with Crippen LogP contribution in [0.2, 0.25) is 0 Å². The number of para-hydroxylation sites is 1. The van der Waals surface area contributed by atoms with E-state index in [1.807, 2.05) is 18.2 Å². The standard InChI is InChI=1S/C15H20N2O2/c1-11(2)6-4-9-14(18)17-10-16-15-12(17)7-5-8-13(15)19-3/h5,7-8,10-11H,4,6,9H2,1-3H3. The Kier molecular flexibility index (Phi) is 4.20. The van der Waals surface area contributed by atoms with E-state index >= 15 is 0 Å². The summed E-state index contributed by atoms with van der Waals surface area (Å²) in [6, 6.07) is 5.62.